The summed E-state index contributed by atoms with van der Waals surface area (Å²) < 4.78 is 15.5. The topological polar surface area (TPSA) is 59.0 Å². The predicted molar refractivity (Wildman–Crippen MR) is 97.6 cm³/mol. The van der Waals surface area contributed by atoms with Gasteiger partial charge < -0.3 is 10.6 Å². The molecule has 2 aromatic rings. The zero-order chi connectivity index (χ0) is 16.9. The number of hydrogen-bond acceptors (Lipinski definition) is 3. The fraction of sp³-hybridized carbons (Fsp3) is 0.444. The van der Waals surface area contributed by atoms with E-state index in [-0.39, 0.29) is 30.2 Å². The minimum atomic E-state index is -0.243. The van der Waals surface area contributed by atoms with Gasteiger partial charge in [-0.2, -0.15) is 5.10 Å². The molecule has 1 amide bonds. The van der Waals surface area contributed by atoms with E-state index in [1.165, 1.54) is 6.07 Å². The standard InChI is InChI=1S/C18H23FN4O.ClH/c1-13(11-14-5-2-3-7-16(14)19)21-18(24)17-8-10-23(22-17)15-6-4-9-20-12-15;/h2-3,5,7-8,10,13,15,20H,4,6,9,11-12H2,1H3,(H,21,24);1H. The molecule has 2 heterocycles. The molecule has 0 bridgehead atoms. The molecule has 0 aliphatic carbocycles. The number of halogens is 2. The van der Waals surface area contributed by atoms with Gasteiger partial charge in [0.1, 0.15) is 11.5 Å². The first-order valence-electron chi connectivity index (χ1n) is 8.43. The highest BCUT2D eigenvalue weighted by Gasteiger charge is 2.18. The third-order valence-corrected chi connectivity index (χ3v) is 4.35. The molecule has 1 aliphatic heterocycles. The maximum Gasteiger partial charge on any atom is 0.271 e. The molecule has 7 heteroatoms. The Labute approximate surface area is 153 Å². The van der Waals surface area contributed by atoms with Crippen molar-refractivity contribution in [3.05, 3.63) is 53.6 Å². The molecule has 0 radical (unpaired) electrons. The second-order valence-electron chi connectivity index (χ2n) is 6.35. The minimum Gasteiger partial charge on any atom is -0.348 e. The van der Waals surface area contributed by atoms with Gasteiger partial charge in [-0.05, 0) is 50.4 Å². The molecule has 2 unspecified atom stereocenters. The van der Waals surface area contributed by atoms with E-state index >= 15 is 0 Å². The first-order valence-corrected chi connectivity index (χ1v) is 8.43. The van der Waals surface area contributed by atoms with E-state index < -0.39 is 0 Å². The molecule has 2 atom stereocenters. The van der Waals surface area contributed by atoms with E-state index in [2.05, 4.69) is 15.7 Å². The van der Waals surface area contributed by atoms with Gasteiger partial charge in [-0.1, -0.05) is 18.2 Å². The average Bonchev–Trinajstić information content (AvgIpc) is 3.08. The van der Waals surface area contributed by atoms with Crippen molar-refractivity contribution in [2.24, 2.45) is 0 Å². The lowest BCUT2D eigenvalue weighted by Gasteiger charge is -2.22. The van der Waals surface area contributed by atoms with Crippen LogP contribution in [0.2, 0.25) is 0 Å². The van der Waals surface area contributed by atoms with Crippen LogP contribution >= 0.6 is 12.4 Å². The summed E-state index contributed by atoms with van der Waals surface area (Å²) in [6.45, 7) is 3.79. The maximum atomic E-state index is 13.7. The number of carbonyl (C=O) groups excluding carboxylic acids is 1. The van der Waals surface area contributed by atoms with Gasteiger partial charge in [-0.3, -0.25) is 9.48 Å². The second kappa shape index (κ2) is 8.97. The molecule has 1 aromatic carbocycles. The highest BCUT2D eigenvalue weighted by atomic mass is 35.5. The largest absolute Gasteiger partial charge is 0.348 e. The van der Waals surface area contributed by atoms with Crippen LogP contribution in [0.15, 0.2) is 36.5 Å². The van der Waals surface area contributed by atoms with Crippen LogP contribution in [0.3, 0.4) is 0 Å². The summed E-state index contributed by atoms with van der Waals surface area (Å²) in [6, 6.07) is 8.50. The van der Waals surface area contributed by atoms with Crippen molar-refractivity contribution >= 4 is 18.3 Å². The number of benzene rings is 1. The lowest BCUT2D eigenvalue weighted by Crippen LogP contribution is -2.35. The monoisotopic (exact) mass is 366 g/mol. The van der Waals surface area contributed by atoms with E-state index in [1.807, 2.05) is 17.8 Å². The van der Waals surface area contributed by atoms with Crippen molar-refractivity contribution in [1.29, 1.82) is 0 Å². The summed E-state index contributed by atoms with van der Waals surface area (Å²) in [7, 11) is 0. The number of piperidine rings is 1. The molecule has 1 aliphatic rings. The zero-order valence-corrected chi connectivity index (χ0v) is 15.1. The van der Waals surface area contributed by atoms with Gasteiger partial charge in [-0.15, -0.1) is 12.4 Å². The molecule has 136 valence electrons. The smallest absolute Gasteiger partial charge is 0.271 e. The van der Waals surface area contributed by atoms with Crippen LogP contribution in [-0.4, -0.2) is 34.8 Å². The van der Waals surface area contributed by atoms with Crippen LogP contribution in [0.1, 0.15) is 41.9 Å². The molecule has 25 heavy (non-hydrogen) atoms. The van der Waals surface area contributed by atoms with Crippen LogP contribution in [-0.2, 0) is 6.42 Å². The Balaban J connectivity index is 0.00000225. The van der Waals surface area contributed by atoms with Crippen LogP contribution in [0.4, 0.5) is 4.39 Å². The lowest BCUT2D eigenvalue weighted by molar-refractivity contribution is 0.0933. The van der Waals surface area contributed by atoms with Crippen molar-refractivity contribution in [3.8, 4) is 0 Å². The lowest BCUT2D eigenvalue weighted by atomic mass is 10.1. The SMILES string of the molecule is CC(Cc1ccccc1F)NC(=O)c1ccn(C2CCCNC2)n1.Cl. The number of carbonyl (C=O) groups is 1. The molecule has 1 saturated heterocycles. The maximum absolute atomic E-state index is 13.7. The molecule has 0 saturated carbocycles. The summed E-state index contributed by atoms with van der Waals surface area (Å²) in [4.78, 5) is 12.3. The van der Waals surface area contributed by atoms with Gasteiger partial charge in [0.2, 0.25) is 0 Å². The van der Waals surface area contributed by atoms with Gasteiger partial charge in [0, 0.05) is 18.8 Å². The number of nitrogens with zero attached hydrogens (tertiary/aromatic N) is 2. The van der Waals surface area contributed by atoms with E-state index in [4.69, 9.17) is 0 Å². The first kappa shape index (κ1) is 19.4. The van der Waals surface area contributed by atoms with Crippen LogP contribution < -0.4 is 10.6 Å². The van der Waals surface area contributed by atoms with Crippen molar-refractivity contribution < 1.29 is 9.18 Å². The van der Waals surface area contributed by atoms with Gasteiger partial charge >= 0.3 is 0 Å². The molecular weight excluding hydrogens is 343 g/mol. The Morgan fingerprint density at radius 1 is 1.44 bits per heavy atom. The van der Waals surface area contributed by atoms with Crippen molar-refractivity contribution in [2.75, 3.05) is 13.1 Å². The number of aromatic nitrogens is 2. The van der Waals surface area contributed by atoms with E-state index in [1.54, 1.807) is 24.3 Å². The fourth-order valence-corrected chi connectivity index (χ4v) is 3.06. The molecule has 3 rings (SSSR count). The van der Waals surface area contributed by atoms with E-state index in [0.29, 0.717) is 23.7 Å². The Morgan fingerprint density at radius 2 is 2.24 bits per heavy atom. The van der Waals surface area contributed by atoms with Crippen LogP contribution in [0.5, 0.6) is 0 Å². The van der Waals surface area contributed by atoms with Gasteiger partial charge in [0.05, 0.1) is 6.04 Å². The van der Waals surface area contributed by atoms with Gasteiger partial charge in [0.25, 0.3) is 5.91 Å². The summed E-state index contributed by atoms with van der Waals surface area (Å²) in [5, 5.41) is 10.6. The summed E-state index contributed by atoms with van der Waals surface area (Å²) >= 11 is 0. The molecular formula is C18H24ClFN4O. The second-order valence-corrected chi connectivity index (χ2v) is 6.35. The first-order chi connectivity index (χ1) is 11.6. The Morgan fingerprint density at radius 3 is 2.96 bits per heavy atom. The third-order valence-electron chi connectivity index (χ3n) is 4.35. The predicted octanol–water partition coefficient (Wildman–Crippen LogP) is 2.73. The van der Waals surface area contributed by atoms with Gasteiger partial charge in [-0.25, -0.2) is 4.39 Å². The van der Waals surface area contributed by atoms with E-state index in [0.717, 1.165) is 25.9 Å². The van der Waals surface area contributed by atoms with Crippen LogP contribution in [0, 0.1) is 5.82 Å². The molecule has 0 spiro atoms. The number of amides is 1. The molecule has 1 aromatic heterocycles. The highest BCUT2D eigenvalue weighted by molar-refractivity contribution is 5.92. The summed E-state index contributed by atoms with van der Waals surface area (Å²) in [6.07, 6.45) is 4.49. The highest BCUT2D eigenvalue weighted by Crippen LogP contribution is 2.16. The molecule has 2 N–H and O–H groups in total. The third kappa shape index (κ3) is 5.03. The normalized spacial score (nSPS) is 18.2. The van der Waals surface area contributed by atoms with Gasteiger partial charge in [0.15, 0.2) is 0 Å². The summed E-state index contributed by atoms with van der Waals surface area (Å²) in [5.41, 5.74) is 1.00. The zero-order valence-electron chi connectivity index (χ0n) is 14.2. The Hall–Kier alpha value is -1.92. The number of nitrogens with one attached hydrogen (secondary N) is 2. The van der Waals surface area contributed by atoms with Crippen molar-refractivity contribution in [2.45, 2.75) is 38.3 Å². The molecule has 5 nitrogen and oxygen atoms in total. The van der Waals surface area contributed by atoms with Crippen molar-refractivity contribution in [1.82, 2.24) is 20.4 Å². The van der Waals surface area contributed by atoms with Crippen LogP contribution in [0.25, 0.3) is 0 Å². The number of rotatable bonds is 5. The Bertz CT molecular complexity index is 700. The quantitative estimate of drug-likeness (QED) is 0.855. The fourth-order valence-electron chi connectivity index (χ4n) is 3.06. The number of hydrogen-bond donors (Lipinski definition) is 2. The Kier molecular flexibility index (Phi) is 6.96. The molecule has 1 fully saturated rings. The van der Waals surface area contributed by atoms with Crippen molar-refractivity contribution in [3.63, 3.8) is 0 Å². The average molecular weight is 367 g/mol. The van der Waals surface area contributed by atoms with E-state index in [9.17, 15) is 9.18 Å². The minimum absolute atomic E-state index is 0. The summed E-state index contributed by atoms with van der Waals surface area (Å²) in [5.74, 6) is -0.464.